The highest BCUT2D eigenvalue weighted by Crippen LogP contribution is 2.19. The maximum absolute atomic E-state index is 12.8. The van der Waals surface area contributed by atoms with Gasteiger partial charge in [0.1, 0.15) is 6.04 Å². The molecule has 1 heterocycles. The lowest BCUT2D eigenvalue weighted by Crippen LogP contribution is -2.48. The molecule has 0 spiro atoms. The fraction of sp³-hybridized carbons (Fsp3) is 0.440. The third-order valence-corrected chi connectivity index (χ3v) is 5.77. The summed E-state index contributed by atoms with van der Waals surface area (Å²) in [6.45, 7) is 9.38. The van der Waals surface area contributed by atoms with Crippen molar-refractivity contribution < 1.29 is 9.59 Å². The molecule has 1 unspecified atom stereocenters. The van der Waals surface area contributed by atoms with Crippen molar-refractivity contribution in [2.45, 2.75) is 46.2 Å². The SMILES string of the molecule is CC1CCN(Cc2ccc(NC(=O)C(NC(=O)Nc3ccccc3)C(C)C)cc2)CC1. The number of hydrogen-bond acceptors (Lipinski definition) is 3. The number of piperidine rings is 1. The summed E-state index contributed by atoms with van der Waals surface area (Å²) in [5.41, 5.74) is 2.66. The first-order valence-corrected chi connectivity index (χ1v) is 11.2. The predicted octanol–water partition coefficient (Wildman–Crippen LogP) is 4.70. The van der Waals surface area contributed by atoms with Crippen LogP contribution in [0.1, 0.15) is 39.2 Å². The standard InChI is InChI=1S/C25H34N4O2/c1-18(2)23(28-25(31)27-21-7-5-4-6-8-21)24(30)26-22-11-9-20(10-12-22)17-29-15-13-19(3)14-16-29/h4-12,18-19,23H,13-17H2,1-3H3,(H,26,30)(H2,27,28,31). The highest BCUT2D eigenvalue weighted by molar-refractivity contribution is 5.99. The van der Waals surface area contributed by atoms with E-state index in [9.17, 15) is 9.59 Å². The summed E-state index contributed by atoms with van der Waals surface area (Å²) in [5.74, 6) is 0.546. The number of nitrogens with zero attached hydrogens (tertiary/aromatic N) is 1. The lowest BCUT2D eigenvalue weighted by Gasteiger charge is -2.30. The number of hydrogen-bond donors (Lipinski definition) is 3. The number of amides is 3. The Bertz CT molecular complexity index is 844. The minimum Gasteiger partial charge on any atom is -0.326 e. The molecule has 6 heteroatoms. The Hall–Kier alpha value is -2.86. The van der Waals surface area contributed by atoms with Gasteiger partial charge in [0.15, 0.2) is 0 Å². The molecule has 31 heavy (non-hydrogen) atoms. The normalized spacial score (nSPS) is 16.0. The second kappa shape index (κ2) is 11.0. The van der Waals surface area contributed by atoms with Gasteiger partial charge in [0.2, 0.25) is 5.91 Å². The zero-order chi connectivity index (χ0) is 22.2. The summed E-state index contributed by atoms with van der Waals surface area (Å²) in [6, 6.07) is 16.1. The quantitative estimate of drug-likeness (QED) is 0.605. The van der Waals surface area contributed by atoms with E-state index in [1.54, 1.807) is 12.1 Å². The number of benzene rings is 2. The van der Waals surface area contributed by atoms with Gasteiger partial charge in [-0.3, -0.25) is 9.69 Å². The Balaban J connectivity index is 1.53. The van der Waals surface area contributed by atoms with Gasteiger partial charge < -0.3 is 16.0 Å². The van der Waals surface area contributed by atoms with E-state index in [1.165, 1.54) is 18.4 Å². The van der Waals surface area contributed by atoms with E-state index in [4.69, 9.17) is 0 Å². The number of nitrogens with one attached hydrogen (secondary N) is 3. The van der Waals surface area contributed by atoms with Crippen LogP contribution in [0.25, 0.3) is 0 Å². The first-order chi connectivity index (χ1) is 14.9. The number of carbonyl (C=O) groups is 2. The number of carbonyl (C=O) groups excluding carboxylic acids is 2. The lowest BCUT2D eigenvalue weighted by atomic mass is 9.99. The molecule has 2 aromatic carbocycles. The van der Waals surface area contributed by atoms with Crippen molar-refractivity contribution >= 4 is 23.3 Å². The van der Waals surface area contributed by atoms with E-state index in [0.717, 1.165) is 31.2 Å². The maximum Gasteiger partial charge on any atom is 0.319 e. The molecule has 1 saturated heterocycles. The highest BCUT2D eigenvalue weighted by atomic mass is 16.2. The van der Waals surface area contributed by atoms with Crippen LogP contribution in [-0.4, -0.2) is 36.0 Å². The molecule has 6 nitrogen and oxygen atoms in total. The van der Waals surface area contributed by atoms with Gasteiger partial charge in [0.25, 0.3) is 0 Å². The van der Waals surface area contributed by atoms with Gasteiger partial charge in [-0.2, -0.15) is 0 Å². The molecule has 0 saturated carbocycles. The van der Waals surface area contributed by atoms with E-state index in [1.807, 2.05) is 44.2 Å². The number of likely N-dealkylation sites (tertiary alicyclic amines) is 1. The van der Waals surface area contributed by atoms with Crippen LogP contribution in [0, 0.1) is 11.8 Å². The van der Waals surface area contributed by atoms with Gasteiger partial charge in [0, 0.05) is 17.9 Å². The Morgan fingerprint density at radius 1 is 0.935 bits per heavy atom. The Labute approximate surface area is 185 Å². The fourth-order valence-corrected chi connectivity index (χ4v) is 3.76. The highest BCUT2D eigenvalue weighted by Gasteiger charge is 2.24. The van der Waals surface area contributed by atoms with Crippen LogP contribution >= 0.6 is 0 Å². The number of rotatable bonds is 7. The van der Waals surface area contributed by atoms with Crippen LogP contribution in [0.5, 0.6) is 0 Å². The topological polar surface area (TPSA) is 73.5 Å². The molecule has 166 valence electrons. The first-order valence-electron chi connectivity index (χ1n) is 11.2. The van der Waals surface area contributed by atoms with Crippen LogP contribution in [0.4, 0.5) is 16.2 Å². The largest absolute Gasteiger partial charge is 0.326 e. The molecule has 3 N–H and O–H groups in total. The minimum absolute atomic E-state index is 0.0534. The molecule has 3 amide bonds. The van der Waals surface area contributed by atoms with E-state index in [-0.39, 0.29) is 11.8 Å². The summed E-state index contributed by atoms with van der Waals surface area (Å²) < 4.78 is 0. The smallest absolute Gasteiger partial charge is 0.319 e. The first kappa shape index (κ1) is 22.8. The van der Waals surface area contributed by atoms with Crippen molar-refractivity contribution in [1.29, 1.82) is 0 Å². The van der Waals surface area contributed by atoms with Crippen molar-refractivity contribution in [1.82, 2.24) is 10.2 Å². The average Bonchev–Trinajstić information content (AvgIpc) is 2.75. The molecule has 1 fully saturated rings. The lowest BCUT2D eigenvalue weighted by molar-refractivity contribution is -0.118. The second-order valence-corrected chi connectivity index (χ2v) is 8.83. The summed E-state index contributed by atoms with van der Waals surface area (Å²) in [5, 5.41) is 8.48. The third-order valence-electron chi connectivity index (χ3n) is 5.77. The van der Waals surface area contributed by atoms with Crippen molar-refractivity contribution in [3.63, 3.8) is 0 Å². The Kier molecular flexibility index (Phi) is 8.06. The van der Waals surface area contributed by atoms with Crippen molar-refractivity contribution in [2.24, 2.45) is 11.8 Å². The van der Waals surface area contributed by atoms with Gasteiger partial charge in [0.05, 0.1) is 0 Å². The Morgan fingerprint density at radius 3 is 2.16 bits per heavy atom. The number of urea groups is 1. The number of anilines is 2. The molecule has 3 rings (SSSR count). The van der Waals surface area contributed by atoms with Crippen LogP contribution in [0.2, 0.25) is 0 Å². The van der Waals surface area contributed by atoms with Gasteiger partial charge in [-0.25, -0.2) is 4.79 Å². The molecule has 1 aliphatic heterocycles. The fourth-order valence-electron chi connectivity index (χ4n) is 3.76. The van der Waals surface area contributed by atoms with Gasteiger partial charge in [-0.15, -0.1) is 0 Å². The van der Waals surface area contributed by atoms with E-state index >= 15 is 0 Å². The van der Waals surface area contributed by atoms with Gasteiger partial charge >= 0.3 is 6.03 Å². The zero-order valence-electron chi connectivity index (χ0n) is 18.7. The molecule has 0 radical (unpaired) electrons. The average molecular weight is 423 g/mol. The van der Waals surface area contributed by atoms with Crippen LogP contribution in [0.15, 0.2) is 54.6 Å². The van der Waals surface area contributed by atoms with Gasteiger partial charge in [-0.1, -0.05) is 51.1 Å². The third kappa shape index (κ3) is 7.10. The van der Waals surface area contributed by atoms with Crippen LogP contribution < -0.4 is 16.0 Å². The maximum atomic E-state index is 12.8. The van der Waals surface area contributed by atoms with E-state index in [0.29, 0.717) is 5.69 Å². The molecule has 0 aliphatic carbocycles. The predicted molar refractivity (Wildman–Crippen MR) is 126 cm³/mol. The van der Waals surface area contributed by atoms with Crippen LogP contribution in [-0.2, 0) is 11.3 Å². The molecule has 0 bridgehead atoms. The molecular weight excluding hydrogens is 388 g/mol. The summed E-state index contributed by atoms with van der Waals surface area (Å²) in [7, 11) is 0. The summed E-state index contributed by atoms with van der Waals surface area (Å²) in [4.78, 5) is 27.6. The van der Waals surface area contributed by atoms with E-state index in [2.05, 4.69) is 39.9 Å². The van der Waals surface area contributed by atoms with Crippen molar-refractivity contribution in [3.8, 4) is 0 Å². The monoisotopic (exact) mass is 422 g/mol. The minimum atomic E-state index is -0.640. The zero-order valence-corrected chi connectivity index (χ0v) is 18.7. The molecule has 1 atom stereocenters. The van der Waals surface area contributed by atoms with Gasteiger partial charge in [-0.05, 0) is 67.6 Å². The molecule has 0 aromatic heterocycles. The summed E-state index contributed by atoms with van der Waals surface area (Å²) >= 11 is 0. The second-order valence-electron chi connectivity index (χ2n) is 8.83. The van der Waals surface area contributed by atoms with Crippen LogP contribution in [0.3, 0.4) is 0 Å². The molecule has 2 aromatic rings. The van der Waals surface area contributed by atoms with Crippen molar-refractivity contribution in [2.75, 3.05) is 23.7 Å². The van der Waals surface area contributed by atoms with E-state index < -0.39 is 12.1 Å². The summed E-state index contributed by atoms with van der Waals surface area (Å²) in [6.07, 6.45) is 2.52. The molecular formula is C25H34N4O2. The molecule has 1 aliphatic rings. The number of para-hydroxylation sites is 1. The Morgan fingerprint density at radius 2 is 1.55 bits per heavy atom. The van der Waals surface area contributed by atoms with Crippen molar-refractivity contribution in [3.05, 3.63) is 60.2 Å².